The van der Waals surface area contributed by atoms with Crippen molar-refractivity contribution in [1.29, 1.82) is 0 Å². The van der Waals surface area contributed by atoms with Gasteiger partial charge in [0.05, 0.1) is 22.8 Å². The quantitative estimate of drug-likeness (QED) is 0.288. The van der Waals surface area contributed by atoms with Crippen molar-refractivity contribution in [1.82, 2.24) is 0 Å². The van der Waals surface area contributed by atoms with Gasteiger partial charge in [-0.25, -0.2) is 0 Å². The van der Waals surface area contributed by atoms with Crippen LogP contribution in [-0.2, 0) is 0 Å². The highest BCUT2D eigenvalue weighted by Gasteiger charge is 2.33. The SMILES string of the molecule is C1=CC(c2ccccc2)C2=Nc3ccc4c5c(ccc4c3C2=C1)N=C1C5=CC=CC1c1ccccc1. The molecule has 2 nitrogen and oxygen atoms in total. The molecule has 0 radical (unpaired) electrons. The van der Waals surface area contributed by atoms with Crippen molar-refractivity contribution in [2.45, 2.75) is 11.8 Å². The van der Waals surface area contributed by atoms with E-state index in [9.17, 15) is 0 Å². The Morgan fingerprint density at radius 1 is 0.472 bits per heavy atom. The first-order valence-corrected chi connectivity index (χ1v) is 12.5. The predicted molar refractivity (Wildman–Crippen MR) is 151 cm³/mol. The van der Waals surface area contributed by atoms with Crippen molar-refractivity contribution in [3.63, 3.8) is 0 Å². The number of rotatable bonds is 2. The van der Waals surface area contributed by atoms with Crippen molar-refractivity contribution >= 4 is 44.7 Å². The summed E-state index contributed by atoms with van der Waals surface area (Å²) in [6, 6.07) is 30.2. The monoisotopic (exact) mass is 458 g/mol. The van der Waals surface area contributed by atoms with Gasteiger partial charge in [0.2, 0.25) is 0 Å². The Kier molecular flexibility index (Phi) is 4.09. The molecule has 4 aromatic carbocycles. The lowest BCUT2D eigenvalue weighted by atomic mass is 9.81. The first-order valence-electron chi connectivity index (χ1n) is 12.5. The zero-order chi connectivity index (χ0) is 23.6. The van der Waals surface area contributed by atoms with Gasteiger partial charge in [0.15, 0.2) is 0 Å². The van der Waals surface area contributed by atoms with Gasteiger partial charge in [-0.15, -0.1) is 0 Å². The van der Waals surface area contributed by atoms with Crippen LogP contribution < -0.4 is 0 Å². The predicted octanol–water partition coefficient (Wildman–Crippen LogP) is 8.49. The van der Waals surface area contributed by atoms with Crippen LogP contribution in [-0.4, -0.2) is 11.4 Å². The Labute approximate surface area is 210 Å². The van der Waals surface area contributed by atoms with Gasteiger partial charge in [-0.2, -0.15) is 0 Å². The van der Waals surface area contributed by atoms with Crippen LogP contribution >= 0.6 is 0 Å². The maximum Gasteiger partial charge on any atom is 0.0719 e. The minimum Gasteiger partial charge on any atom is -0.251 e. The van der Waals surface area contributed by atoms with E-state index in [4.69, 9.17) is 9.98 Å². The third-order valence-electron chi connectivity index (χ3n) is 7.77. The lowest BCUT2D eigenvalue weighted by molar-refractivity contribution is 1.14. The van der Waals surface area contributed by atoms with Gasteiger partial charge in [0.25, 0.3) is 0 Å². The van der Waals surface area contributed by atoms with E-state index in [0.29, 0.717) is 0 Å². The van der Waals surface area contributed by atoms with Crippen molar-refractivity contribution in [3.05, 3.63) is 144 Å². The summed E-state index contributed by atoms with van der Waals surface area (Å²) in [5, 5.41) is 2.50. The summed E-state index contributed by atoms with van der Waals surface area (Å²) in [6.45, 7) is 0. The number of hydrogen-bond donors (Lipinski definition) is 0. The van der Waals surface area contributed by atoms with Gasteiger partial charge in [-0.1, -0.05) is 109 Å². The normalized spacial score (nSPS) is 20.7. The molecule has 8 rings (SSSR count). The van der Waals surface area contributed by atoms with E-state index in [-0.39, 0.29) is 11.8 Å². The number of nitrogens with zero attached hydrogens (tertiary/aromatic N) is 2. The third-order valence-corrected chi connectivity index (χ3v) is 7.77. The Morgan fingerprint density at radius 2 is 0.917 bits per heavy atom. The Hall–Kier alpha value is -4.56. The molecule has 4 aromatic rings. The first kappa shape index (κ1) is 19.7. The minimum absolute atomic E-state index is 0.177. The van der Waals surface area contributed by atoms with Gasteiger partial charge >= 0.3 is 0 Å². The summed E-state index contributed by atoms with van der Waals surface area (Å²) < 4.78 is 0. The zero-order valence-corrected chi connectivity index (χ0v) is 19.6. The zero-order valence-electron chi connectivity index (χ0n) is 19.6. The molecule has 4 aliphatic rings. The number of aliphatic imine (C=N–C) groups is 2. The molecule has 2 atom stereocenters. The topological polar surface area (TPSA) is 24.7 Å². The highest BCUT2D eigenvalue weighted by atomic mass is 14.8. The van der Waals surface area contributed by atoms with Crippen LogP contribution in [0.15, 0.2) is 131 Å². The van der Waals surface area contributed by atoms with E-state index >= 15 is 0 Å². The second-order valence-electron chi connectivity index (χ2n) is 9.72. The average molecular weight is 459 g/mol. The molecule has 168 valence electrons. The number of hydrogen-bond acceptors (Lipinski definition) is 2. The summed E-state index contributed by atoms with van der Waals surface area (Å²) in [5.74, 6) is 0.353. The summed E-state index contributed by atoms with van der Waals surface area (Å²) in [6.07, 6.45) is 13.3. The Balaban J connectivity index is 1.26. The van der Waals surface area contributed by atoms with E-state index < -0.39 is 0 Å². The molecular formula is C34H22N2. The van der Waals surface area contributed by atoms with Crippen LogP contribution in [0.3, 0.4) is 0 Å². The molecule has 0 spiro atoms. The Bertz CT molecular complexity index is 1630. The van der Waals surface area contributed by atoms with E-state index in [1.54, 1.807) is 0 Å². The van der Waals surface area contributed by atoms with Gasteiger partial charge < -0.3 is 0 Å². The fourth-order valence-corrected chi connectivity index (χ4v) is 6.15. The molecule has 0 fully saturated rings. The number of fused-ring (bicyclic) bond motifs is 9. The third kappa shape index (κ3) is 2.73. The smallest absolute Gasteiger partial charge is 0.0719 e. The van der Waals surface area contributed by atoms with Gasteiger partial charge in [0, 0.05) is 34.1 Å². The molecule has 0 amide bonds. The number of benzene rings is 4. The molecule has 0 N–H and O–H groups in total. The molecule has 2 heterocycles. The van der Waals surface area contributed by atoms with Crippen LogP contribution in [0.4, 0.5) is 11.4 Å². The van der Waals surface area contributed by atoms with Gasteiger partial charge in [0.1, 0.15) is 0 Å². The lowest BCUT2D eigenvalue weighted by Crippen LogP contribution is -2.12. The molecule has 2 aliphatic heterocycles. The maximum absolute atomic E-state index is 5.15. The van der Waals surface area contributed by atoms with E-state index in [0.717, 1.165) is 22.8 Å². The van der Waals surface area contributed by atoms with Crippen molar-refractivity contribution in [2.75, 3.05) is 0 Å². The fraction of sp³-hybridized carbons (Fsp3) is 0.0588. The summed E-state index contributed by atoms with van der Waals surface area (Å²) in [5.41, 5.74) is 11.9. The Morgan fingerprint density at radius 3 is 1.36 bits per heavy atom. The van der Waals surface area contributed by atoms with E-state index in [1.807, 2.05) is 0 Å². The van der Waals surface area contributed by atoms with E-state index in [2.05, 4.69) is 121 Å². The van der Waals surface area contributed by atoms with Crippen molar-refractivity contribution in [2.24, 2.45) is 9.98 Å². The second-order valence-corrected chi connectivity index (χ2v) is 9.72. The summed E-state index contributed by atoms with van der Waals surface area (Å²) >= 11 is 0. The average Bonchev–Trinajstić information content (AvgIpc) is 3.52. The minimum atomic E-state index is 0.177. The van der Waals surface area contributed by atoms with Crippen molar-refractivity contribution in [3.8, 4) is 0 Å². The molecule has 0 saturated carbocycles. The molecular weight excluding hydrogens is 436 g/mol. The summed E-state index contributed by atoms with van der Waals surface area (Å²) in [7, 11) is 0. The molecule has 0 bridgehead atoms. The summed E-state index contributed by atoms with van der Waals surface area (Å²) in [4.78, 5) is 10.3. The molecule has 2 aliphatic carbocycles. The standard InChI is InChI=1S/C34H22N2/c1-3-9-21(10-4-1)23-13-7-15-27-31-25-18-20-30-32(26(25)17-19-29(31)35-33(23)27)28-16-8-14-24(34(28)36-30)22-11-5-2-6-12-22/h1-20,23-24H. The largest absolute Gasteiger partial charge is 0.251 e. The second kappa shape index (κ2) is 7.47. The maximum atomic E-state index is 5.15. The van der Waals surface area contributed by atoms with E-state index in [1.165, 1.54) is 44.2 Å². The van der Waals surface area contributed by atoms with Gasteiger partial charge in [-0.3, -0.25) is 9.98 Å². The van der Waals surface area contributed by atoms with Crippen LogP contribution in [0.5, 0.6) is 0 Å². The molecule has 2 unspecified atom stereocenters. The highest BCUT2D eigenvalue weighted by molar-refractivity contribution is 6.38. The highest BCUT2D eigenvalue weighted by Crippen LogP contribution is 2.50. The first-order chi connectivity index (χ1) is 17.9. The number of allylic oxidation sites excluding steroid dienone is 8. The van der Waals surface area contributed by atoms with Crippen molar-refractivity contribution < 1.29 is 0 Å². The van der Waals surface area contributed by atoms with Crippen LogP contribution in [0.2, 0.25) is 0 Å². The van der Waals surface area contributed by atoms with Crippen LogP contribution in [0, 0.1) is 0 Å². The van der Waals surface area contributed by atoms with Crippen LogP contribution in [0.25, 0.3) is 21.9 Å². The van der Waals surface area contributed by atoms with Crippen LogP contribution in [0.1, 0.15) is 34.1 Å². The fourth-order valence-electron chi connectivity index (χ4n) is 6.15. The molecule has 2 heteroatoms. The molecule has 0 saturated heterocycles. The molecule has 0 aromatic heterocycles. The lowest BCUT2D eigenvalue weighted by Gasteiger charge is -2.20. The molecule has 36 heavy (non-hydrogen) atoms. The van der Waals surface area contributed by atoms with Gasteiger partial charge in [-0.05, 0) is 34.0 Å².